The summed E-state index contributed by atoms with van der Waals surface area (Å²) in [5.41, 5.74) is 8.61. The van der Waals surface area contributed by atoms with Crippen LogP contribution in [0, 0.1) is 0 Å². The fourth-order valence-electron chi connectivity index (χ4n) is 2.07. The topological polar surface area (TPSA) is 59.6 Å². The van der Waals surface area contributed by atoms with E-state index in [4.69, 9.17) is 10.5 Å². The Kier molecular flexibility index (Phi) is 6.42. The van der Waals surface area contributed by atoms with Gasteiger partial charge in [0.2, 0.25) is 0 Å². The summed E-state index contributed by atoms with van der Waals surface area (Å²) in [5.74, 6) is 1.04. The fraction of sp³-hybridized carbons (Fsp3) is 0.462. The Morgan fingerprint density at radius 1 is 1.50 bits per heavy atom. The smallest absolute Gasteiger partial charge is 0.188 e. The second-order valence-corrected chi connectivity index (χ2v) is 4.25. The highest BCUT2D eigenvalue weighted by Crippen LogP contribution is 2.34. The van der Waals surface area contributed by atoms with Crippen LogP contribution in [0.15, 0.2) is 29.3 Å². The number of fused-ring (bicyclic) bond motifs is 1. The maximum absolute atomic E-state index is 5.74. The molecule has 0 aromatic heterocycles. The van der Waals surface area contributed by atoms with Gasteiger partial charge in [0.15, 0.2) is 5.96 Å². The van der Waals surface area contributed by atoms with Crippen molar-refractivity contribution < 1.29 is 4.74 Å². The highest BCUT2D eigenvalue weighted by Gasteiger charge is 2.24. The van der Waals surface area contributed by atoms with Gasteiger partial charge in [-0.25, -0.2) is 0 Å². The number of methoxy groups -OCH3 is 1. The van der Waals surface area contributed by atoms with Gasteiger partial charge in [-0.2, -0.15) is 0 Å². The summed E-state index contributed by atoms with van der Waals surface area (Å²) in [6, 6.07) is 8.51. The monoisotopic (exact) mass is 361 g/mol. The number of ether oxygens (including phenoxy) is 1. The van der Waals surface area contributed by atoms with Crippen LogP contribution in [0.4, 0.5) is 0 Å². The summed E-state index contributed by atoms with van der Waals surface area (Å²) in [5, 5.41) is 3.01. The van der Waals surface area contributed by atoms with Gasteiger partial charge in [0.05, 0.1) is 6.61 Å². The number of hydrogen-bond acceptors (Lipinski definition) is 2. The third-order valence-corrected chi connectivity index (χ3v) is 3.06. The second kappa shape index (κ2) is 7.58. The first-order valence-corrected chi connectivity index (χ1v) is 5.92. The van der Waals surface area contributed by atoms with E-state index < -0.39 is 0 Å². The lowest BCUT2D eigenvalue weighted by Crippen LogP contribution is -2.35. The Morgan fingerprint density at radius 3 is 3.00 bits per heavy atom. The molecule has 1 aliphatic carbocycles. The lowest BCUT2D eigenvalue weighted by molar-refractivity contribution is 0.204. The molecule has 3 N–H and O–H groups in total. The van der Waals surface area contributed by atoms with E-state index in [2.05, 4.69) is 34.6 Å². The molecule has 0 bridgehead atoms. The number of benzene rings is 1. The van der Waals surface area contributed by atoms with Gasteiger partial charge in [0.25, 0.3) is 0 Å². The van der Waals surface area contributed by atoms with E-state index in [-0.39, 0.29) is 24.0 Å². The lowest BCUT2D eigenvalue weighted by atomic mass is 9.78. The van der Waals surface area contributed by atoms with Crippen molar-refractivity contribution in [3.63, 3.8) is 0 Å². The van der Waals surface area contributed by atoms with Crippen molar-refractivity contribution in [2.75, 3.05) is 26.8 Å². The van der Waals surface area contributed by atoms with E-state index in [0.717, 1.165) is 13.0 Å². The van der Waals surface area contributed by atoms with Gasteiger partial charge in [0.1, 0.15) is 0 Å². The molecule has 100 valence electrons. The molecule has 1 aliphatic rings. The van der Waals surface area contributed by atoms with Gasteiger partial charge in [0, 0.05) is 26.1 Å². The Bertz CT molecular complexity index is 409. The quantitative estimate of drug-likeness (QED) is 0.362. The summed E-state index contributed by atoms with van der Waals surface area (Å²) in [6.07, 6.45) is 1.12. The number of rotatable bonds is 5. The van der Waals surface area contributed by atoms with Gasteiger partial charge in [-0.05, 0) is 17.5 Å². The zero-order valence-corrected chi connectivity index (χ0v) is 12.9. The predicted molar refractivity (Wildman–Crippen MR) is 84.7 cm³/mol. The SMILES string of the molecule is COCCNC(N)=NCC1Cc2ccccc21.I. The van der Waals surface area contributed by atoms with Gasteiger partial charge in [-0.1, -0.05) is 24.3 Å². The molecule has 0 saturated heterocycles. The molecule has 1 unspecified atom stereocenters. The van der Waals surface area contributed by atoms with E-state index in [1.54, 1.807) is 7.11 Å². The van der Waals surface area contributed by atoms with E-state index in [0.29, 0.717) is 25.0 Å². The van der Waals surface area contributed by atoms with Crippen LogP contribution in [0.2, 0.25) is 0 Å². The van der Waals surface area contributed by atoms with Crippen LogP contribution < -0.4 is 11.1 Å². The van der Waals surface area contributed by atoms with E-state index >= 15 is 0 Å². The molecule has 0 aliphatic heterocycles. The minimum atomic E-state index is 0. The Hall–Kier alpha value is -0.820. The summed E-state index contributed by atoms with van der Waals surface area (Å²) >= 11 is 0. The zero-order chi connectivity index (χ0) is 12.1. The standard InChI is InChI=1S/C13H19N3O.HI/c1-17-7-6-15-13(14)16-9-11-8-10-4-2-3-5-12(10)11;/h2-5,11H,6-9H2,1H3,(H3,14,15,16);1H. The van der Waals surface area contributed by atoms with Crippen LogP contribution in [-0.2, 0) is 11.2 Å². The minimum absolute atomic E-state index is 0. The second-order valence-electron chi connectivity index (χ2n) is 4.25. The van der Waals surface area contributed by atoms with Gasteiger partial charge >= 0.3 is 0 Å². The highest BCUT2D eigenvalue weighted by atomic mass is 127. The van der Waals surface area contributed by atoms with Crippen LogP contribution in [0.5, 0.6) is 0 Å². The summed E-state index contributed by atoms with van der Waals surface area (Å²) in [4.78, 5) is 4.34. The number of aliphatic imine (C=N–C) groups is 1. The molecular weight excluding hydrogens is 341 g/mol. The van der Waals surface area contributed by atoms with Crippen molar-refractivity contribution in [1.29, 1.82) is 0 Å². The number of halogens is 1. The number of nitrogens with zero attached hydrogens (tertiary/aromatic N) is 1. The first-order chi connectivity index (χ1) is 8.31. The lowest BCUT2D eigenvalue weighted by Gasteiger charge is -2.28. The average molecular weight is 361 g/mol. The molecule has 0 heterocycles. The number of hydrogen-bond donors (Lipinski definition) is 2. The van der Waals surface area contributed by atoms with Crippen molar-refractivity contribution in [1.82, 2.24) is 5.32 Å². The Morgan fingerprint density at radius 2 is 2.28 bits per heavy atom. The van der Waals surface area contributed by atoms with E-state index in [1.807, 2.05) is 0 Å². The van der Waals surface area contributed by atoms with Crippen LogP contribution in [0.3, 0.4) is 0 Å². The van der Waals surface area contributed by atoms with Crippen LogP contribution in [-0.4, -0.2) is 32.8 Å². The van der Waals surface area contributed by atoms with E-state index in [9.17, 15) is 0 Å². The fourth-order valence-corrected chi connectivity index (χ4v) is 2.07. The average Bonchev–Trinajstić information content (AvgIpc) is 2.31. The largest absolute Gasteiger partial charge is 0.383 e. The Labute approximate surface area is 125 Å². The number of nitrogens with two attached hydrogens (primary N) is 1. The van der Waals surface area contributed by atoms with Gasteiger partial charge in [-0.15, -0.1) is 24.0 Å². The Balaban J connectivity index is 0.00000162. The molecule has 2 rings (SSSR count). The van der Waals surface area contributed by atoms with Crippen LogP contribution >= 0.6 is 24.0 Å². The van der Waals surface area contributed by atoms with Crippen LogP contribution in [0.1, 0.15) is 17.0 Å². The molecule has 1 atom stereocenters. The molecule has 0 saturated carbocycles. The van der Waals surface area contributed by atoms with Crippen molar-refractivity contribution >= 4 is 29.9 Å². The number of nitrogens with one attached hydrogen (secondary N) is 1. The molecular formula is C13H20IN3O. The van der Waals surface area contributed by atoms with Gasteiger partial charge in [-0.3, -0.25) is 4.99 Å². The molecule has 1 aromatic rings. The van der Waals surface area contributed by atoms with Crippen molar-refractivity contribution in [3.8, 4) is 0 Å². The van der Waals surface area contributed by atoms with Gasteiger partial charge < -0.3 is 15.8 Å². The molecule has 0 radical (unpaired) electrons. The molecule has 1 aromatic carbocycles. The van der Waals surface area contributed by atoms with E-state index in [1.165, 1.54) is 11.1 Å². The van der Waals surface area contributed by atoms with Crippen molar-refractivity contribution in [3.05, 3.63) is 35.4 Å². The summed E-state index contributed by atoms with van der Waals surface area (Å²) < 4.78 is 4.92. The minimum Gasteiger partial charge on any atom is -0.383 e. The molecule has 0 fully saturated rings. The molecule has 0 amide bonds. The molecule has 5 heteroatoms. The molecule has 18 heavy (non-hydrogen) atoms. The summed E-state index contributed by atoms with van der Waals surface area (Å²) in [6.45, 7) is 2.11. The third-order valence-electron chi connectivity index (χ3n) is 3.06. The highest BCUT2D eigenvalue weighted by molar-refractivity contribution is 14.0. The maximum atomic E-state index is 5.74. The maximum Gasteiger partial charge on any atom is 0.188 e. The predicted octanol–water partition coefficient (Wildman–Crippen LogP) is 1.50. The first kappa shape index (κ1) is 15.2. The third kappa shape index (κ3) is 3.84. The normalized spacial score (nSPS) is 17.4. The van der Waals surface area contributed by atoms with Crippen molar-refractivity contribution in [2.24, 2.45) is 10.7 Å². The summed E-state index contributed by atoms with van der Waals surface area (Å²) in [7, 11) is 1.67. The molecule has 4 nitrogen and oxygen atoms in total. The number of guanidine groups is 1. The van der Waals surface area contributed by atoms with Crippen LogP contribution in [0.25, 0.3) is 0 Å². The molecule has 0 spiro atoms. The first-order valence-electron chi connectivity index (χ1n) is 5.92. The van der Waals surface area contributed by atoms with Crippen molar-refractivity contribution in [2.45, 2.75) is 12.3 Å². The zero-order valence-electron chi connectivity index (χ0n) is 10.6.